The standard InChI is InChI=1S/C25H30FN3O7/c1-9-12(8-28(2)3)17(26)11-6-10-7-13-18(29(4)5)21(32)16(24(27)35)23(34)25(13,36)22(33)14(10)20(31)15(11)19(9)30/h10,13,18,30-31,34,36H,6-8H2,1-5H3,(H2,27,35)/t10-,13-,18-,25-/m0/s1. The Bertz CT molecular complexity index is 1280. The maximum absolute atomic E-state index is 15.7. The highest BCUT2D eigenvalue weighted by Gasteiger charge is 2.64. The average molecular weight is 504 g/mol. The molecule has 194 valence electrons. The van der Waals surface area contributed by atoms with Gasteiger partial charge in [-0.25, -0.2) is 4.39 Å². The van der Waals surface area contributed by atoms with Crippen LogP contribution in [0.25, 0.3) is 5.76 Å². The van der Waals surface area contributed by atoms with Gasteiger partial charge >= 0.3 is 0 Å². The largest absolute Gasteiger partial charge is 0.508 e. The second kappa shape index (κ2) is 8.39. The van der Waals surface area contributed by atoms with Crippen LogP contribution in [0.2, 0.25) is 0 Å². The van der Waals surface area contributed by atoms with Gasteiger partial charge in [0.15, 0.2) is 11.4 Å². The normalized spacial score (nSPS) is 28.0. The number of primary amides is 1. The maximum Gasteiger partial charge on any atom is 0.255 e. The van der Waals surface area contributed by atoms with E-state index in [0.717, 1.165) is 0 Å². The third kappa shape index (κ3) is 3.30. The summed E-state index contributed by atoms with van der Waals surface area (Å²) < 4.78 is 15.7. The van der Waals surface area contributed by atoms with Gasteiger partial charge in [-0.1, -0.05) is 0 Å². The van der Waals surface area contributed by atoms with Gasteiger partial charge in [-0.2, -0.15) is 0 Å². The van der Waals surface area contributed by atoms with Crippen molar-refractivity contribution in [1.82, 2.24) is 9.80 Å². The number of carbonyl (C=O) groups is 3. The molecule has 10 nitrogen and oxygen atoms in total. The second-order valence-electron chi connectivity index (χ2n) is 10.3. The van der Waals surface area contributed by atoms with Crippen LogP contribution in [-0.4, -0.2) is 87.5 Å². The van der Waals surface area contributed by atoms with Gasteiger partial charge in [0.05, 0.1) is 11.6 Å². The SMILES string of the molecule is Cc1c(O)c2c(c(F)c1CN(C)C)C[C@H]1C[C@H]3[C@H](N(C)C)C(=O)C(C(N)=O)=C(O)[C@@]3(O)C(=O)C1=C2O. The smallest absolute Gasteiger partial charge is 0.255 e. The molecular formula is C25H30FN3O7. The van der Waals surface area contributed by atoms with E-state index in [0.29, 0.717) is 0 Å². The van der Waals surface area contributed by atoms with Crippen LogP contribution in [0.5, 0.6) is 5.75 Å². The van der Waals surface area contributed by atoms with E-state index in [1.54, 1.807) is 19.0 Å². The molecular weight excluding hydrogens is 473 g/mol. The predicted molar refractivity (Wildman–Crippen MR) is 126 cm³/mol. The highest BCUT2D eigenvalue weighted by molar-refractivity contribution is 6.24. The molecule has 0 aliphatic heterocycles. The number of rotatable bonds is 4. The van der Waals surface area contributed by atoms with Crippen LogP contribution in [0.3, 0.4) is 0 Å². The second-order valence-corrected chi connectivity index (χ2v) is 10.3. The first-order valence-corrected chi connectivity index (χ1v) is 11.5. The van der Waals surface area contributed by atoms with Gasteiger partial charge in [-0.15, -0.1) is 0 Å². The van der Waals surface area contributed by atoms with E-state index in [1.807, 2.05) is 0 Å². The molecule has 4 rings (SSSR count). The van der Waals surface area contributed by atoms with E-state index in [9.17, 15) is 34.8 Å². The lowest BCUT2D eigenvalue weighted by Crippen LogP contribution is -2.65. The molecule has 0 saturated heterocycles. The fraction of sp³-hybridized carbons (Fsp3) is 0.480. The van der Waals surface area contributed by atoms with Crippen molar-refractivity contribution in [3.8, 4) is 5.75 Å². The van der Waals surface area contributed by atoms with Crippen molar-refractivity contribution in [2.24, 2.45) is 17.6 Å². The number of hydrogen-bond donors (Lipinski definition) is 5. The van der Waals surface area contributed by atoms with Gasteiger partial charge < -0.3 is 31.1 Å². The van der Waals surface area contributed by atoms with Crippen molar-refractivity contribution < 1.29 is 39.2 Å². The number of nitrogens with zero attached hydrogens (tertiary/aromatic N) is 2. The number of likely N-dealkylation sites (N-methyl/N-ethyl adjacent to an activating group) is 1. The van der Waals surface area contributed by atoms with Crippen LogP contribution in [0.1, 0.15) is 28.7 Å². The molecule has 3 aliphatic carbocycles. The summed E-state index contributed by atoms with van der Waals surface area (Å²) in [5.41, 5.74) is 1.61. The van der Waals surface area contributed by atoms with E-state index >= 15 is 4.39 Å². The number of phenolic OH excluding ortho intramolecular Hbond substituents is 1. The van der Waals surface area contributed by atoms with Gasteiger partial charge in [0.2, 0.25) is 5.78 Å². The van der Waals surface area contributed by atoms with Gasteiger partial charge in [0, 0.05) is 29.2 Å². The summed E-state index contributed by atoms with van der Waals surface area (Å²) in [5, 5.41) is 44.5. The molecule has 0 spiro atoms. The van der Waals surface area contributed by atoms with E-state index in [1.165, 1.54) is 25.9 Å². The summed E-state index contributed by atoms with van der Waals surface area (Å²) in [6.45, 7) is 1.68. The highest BCUT2D eigenvalue weighted by atomic mass is 19.1. The molecule has 1 saturated carbocycles. The predicted octanol–water partition coefficient (Wildman–Crippen LogP) is 0.473. The Morgan fingerprint density at radius 3 is 2.31 bits per heavy atom. The first kappa shape index (κ1) is 25.8. The van der Waals surface area contributed by atoms with E-state index in [2.05, 4.69) is 0 Å². The fourth-order valence-corrected chi connectivity index (χ4v) is 6.01. The maximum atomic E-state index is 15.7. The first-order chi connectivity index (χ1) is 16.7. The fourth-order valence-electron chi connectivity index (χ4n) is 6.01. The molecule has 0 aromatic heterocycles. The number of carbonyl (C=O) groups excluding carboxylic acids is 3. The Morgan fingerprint density at radius 2 is 1.78 bits per heavy atom. The number of phenols is 1. The number of aliphatic hydroxyl groups excluding tert-OH is 2. The average Bonchev–Trinajstić information content (AvgIpc) is 2.76. The number of halogens is 1. The zero-order chi connectivity index (χ0) is 27.0. The number of hydrogen-bond acceptors (Lipinski definition) is 9. The zero-order valence-electron chi connectivity index (χ0n) is 20.7. The molecule has 0 bridgehead atoms. The number of aromatic hydroxyl groups is 1. The lowest BCUT2D eigenvalue weighted by atomic mass is 9.57. The summed E-state index contributed by atoms with van der Waals surface area (Å²) in [7, 11) is 6.52. The van der Waals surface area contributed by atoms with E-state index in [4.69, 9.17) is 5.73 Å². The number of benzene rings is 1. The number of fused-ring (bicyclic) bond motifs is 3. The molecule has 6 N–H and O–H groups in total. The van der Waals surface area contributed by atoms with Crippen molar-refractivity contribution >= 4 is 23.2 Å². The molecule has 1 aromatic rings. The topological polar surface area (TPSA) is 165 Å². The monoisotopic (exact) mass is 503 g/mol. The lowest BCUT2D eigenvalue weighted by Gasteiger charge is -2.50. The van der Waals surface area contributed by atoms with Gasteiger partial charge in [0.1, 0.15) is 28.7 Å². The molecule has 36 heavy (non-hydrogen) atoms. The first-order valence-electron chi connectivity index (χ1n) is 11.5. The summed E-state index contributed by atoms with van der Waals surface area (Å²) in [6.07, 6.45) is -0.183. The minimum Gasteiger partial charge on any atom is -0.508 e. The number of amides is 1. The lowest BCUT2D eigenvalue weighted by molar-refractivity contribution is -0.153. The van der Waals surface area contributed by atoms with Crippen molar-refractivity contribution in [2.75, 3.05) is 28.2 Å². The molecule has 3 aliphatic rings. The quantitative estimate of drug-likeness (QED) is 0.367. The van der Waals surface area contributed by atoms with Crippen LogP contribution in [0, 0.1) is 24.6 Å². The number of Topliss-reactive ketones (excluding diaryl/α,β-unsaturated/α-hetero) is 2. The minimum atomic E-state index is -2.72. The van der Waals surface area contributed by atoms with Crippen molar-refractivity contribution in [2.45, 2.75) is 38.0 Å². The van der Waals surface area contributed by atoms with Crippen LogP contribution < -0.4 is 5.73 Å². The van der Waals surface area contributed by atoms with Crippen LogP contribution in [0.15, 0.2) is 16.9 Å². The number of aliphatic hydroxyl groups is 3. The van der Waals surface area contributed by atoms with E-state index in [-0.39, 0.29) is 47.2 Å². The molecule has 1 amide bonds. The Labute approximate surface area is 207 Å². The Balaban J connectivity index is 1.98. The summed E-state index contributed by atoms with van der Waals surface area (Å²) >= 11 is 0. The number of nitrogens with two attached hydrogens (primary N) is 1. The van der Waals surface area contributed by atoms with Crippen LogP contribution >= 0.6 is 0 Å². The van der Waals surface area contributed by atoms with Crippen LogP contribution in [-0.2, 0) is 27.3 Å². The molecule has 0 radical (unpaired) electrons. The Morgan fingerprint density at radius 1 is 1.17 bits per heavy atom. The molecule has 0 unspecified atom stereocenters. The Kier molecular flexibility index (Phi) is 6.02. The van der Waals surface area contributed by atoms with Gasteiger partial charge in [0.25, 0.3) is 5.91 Å². The summed E-state index contributed by atoms with van der Waals surface area (Å²) in [5.74, 6) is -8.18. The zero-order valence-corrected chi connectivity index (χ0v) is 20.7. The highest BCUT2D eigenvalue weighted by Crippen LogP contribution is 2.53. The third-order valence-corrected chi connectivity index (χ3v) is 7.66. The van der Waals surface area contributed by atoms with Crippen LogP contribution in [0.4, 0.5) is 4.39 Å². The van der Waals surface area contributed by atoms with Crippen molar-refractivity contribution in [3.63, 3.8) is 0 Å². The minimum absolute atomic E-state index is 0.0283. The summed E-state index contributed by atoms with van der Waals surface area (Å²) in [4.78, 5) is 42.0. The van der Waals surface area contributed by atoms with Gasteiger partial charge in [-0.3, -0.25) is 19.3 Å². The molecule has 4 atom stereocenters. The van der Waals surface area contributed by atoms with Gasteiger partial charge in [-0.05, 0) is 59.4 Å². The summed E-state index contributed by atoms with van der Waals surface area (Å²) in [6, 6.07) is -1.19. The number of ketones is 2. The Hall–Kier alpha value is -3.28. The molecule has 1 fully saturated rings. The van der Waals surface area contributed by atoms with E-state index < -0.39 is 69.6 Å². The molecule has 11 heteroatoms. The molecule has 0 heterocycles. The van der Waals surface area contributed by atoms with Crippen molar-refractivity contribution in [3.05, 3.63) is 45.0 Å². The molecule has 1 aromatic carbocycles. The van der Waals surface area contributed by atoms with Crippen molar-refractivity contribution in [1.29, 1.82) is 0 Å². The third-order valence-electron chi connectivity index (χ3n) is 7.66.